The molecule has 3 rings (SSSR count). The zero-order chi connectivity index (χ0) is 11.1. The Morgan fingerprint density at radius 3 is 2.81 bits per heavy atom. The van der Waals surface area contributed by atoms with Gasteiger partial charge in [0.15, 0.2) is 0 Å². The Balaban J connectivity index is 2.36. The summed E-state index contributed by atoms with van der Waals surface area (Å²) in [5, 5.41) is 1.24. The Morgan fingerprint density at radius 1 is 1.31 bits per heavy atom. The summed E-state index contributed by atoms with van der Waals surface area (Å²) in [6, 6.07) is 0. The van der Waals surface area contributed by atoms with Gasteiger partial charge in [0.25, 0.3) is 0 Å². The van der Waals surface area contributed by atoms with E-state index in [1.807, 2.05) is 26.4 Å². The maximum atomic E-state index is 4.30. The van der Waals surface area contributed by atoms with Crippen LogP contribution in [0, 0.1) is 11.8 Å². The third kappa shape index (κ3) is 1.27. The molecule has 0 amide bonds. The average Bonchev–Trinajstić information content (AvgIpc) is 3.07. The highest BCUT2D eigenvalue weighted by Crippen LogP contribution is 2.32. The molecule has 2 aromatic rings. The smallest absolute Gasteiger partial charge is 0.0698 e. The first-order valence-electron chi connectivity index (χ1n) is 5.42. The number of anilines is 1. The second-order valence-corrected chi connectivity index (χ2v) is 4.07. The van der Waals surface area contributed by atoms with E-state index >= 15 is 0 Å². The number of rotatable bonds is 1. The van der Waals surface area contributed by atoms with Gasteiger partial charge in [0.1, 0.15) is 0 Å². The second-order valence-electron chi connectivity index (χ2n) is 4.07. The lowest BCUT2D eigenvalue weighted by Gasteiger charge is -2.04. The van der Waals surface area contributed by atoms with Crippen molar-refractivity contribution in [1.29, 1.82) is 0 Å². The molecule has 0 aliphatic carbocycles. The third-order valence-corrected chi connectivity index (χ3v) is 2.93. The highest BCUT2D eigenvalue weighted by Gasteiger charge is 2.22. The van der Waals surface area contributed by atoms with Gasteiger partial charge in [-0.15, -0.1) is 5.92 Å². The van der Waals surface area contributed by atoms with Crippen LogP contribution in [0.5, 0.6) is 0 Å². The van der Waals surface area contributed by atoms with Gasteiger partial charge in [-0.25, -0.2) is 0 Å². The van der Waals surface area contributed by atoms with E-state index in [1.54, 1.807) is 0 Å². The fourth-order valence-electron chi connectivity index (χ4n) is 2.07. The monoisotopic (exact) mass is 211 g/mol. The maximum absolute atomic E-state index is 4.30. The minimum absolute atomic E-state index is 1.10. The Labute approximate surface area is 94.7 Å². The number of hydrogen-bond donors (Lipinski definition) is 0. The van der Waals surface area contributed by atoms with Gasteiger partial charge in [-0.2, -0.15) is 0 Å². The highest BCUT2D eigenvalue weighted by atomic mass is 15.3. The molecule has 1 saturated heterocycles. The van der Waals surface area contributed by atoms with Crippen LogP contribution in [0.25, 0.3) is 10.9 Å². The normalized spacial score (nSPS) is 13.8. The molecule has 0 N–H and O–H groups in total. The molecule has 0 bridgehead atoms. The van der Waals surface area contributed by atoms with Crippen LogP contribution in [0.1, 0.15) is 12.5 Å². The number of aromatic nitrogens is 2. The van der Waals surface area contributed by atoms with E-state index in [4.69, 9.17) is 0 Å². The van der Waals surface area contributed by atoms with Crippen LogP contribution in [-0.4, -0.2) is 22.6 Å². The molecule has 0 unspecified atom stereocenters. The molecule has 0 atom stereocenters. The first-order valence-corrected chi connectivity index (χ1v) is 5.42. The molecule has 0 saturated carbocycles. The first kappa shape index (κ1) is 9.29. The van der Waals surface area contributed by atoms with Gasteiger partial charge in [-0.3, -0.25) is 4.98 Å². The van der Waals surface area contributed by atoms with Crippen molar-refractivity contribution in [2.45, 2.75) is 6.92 Å². The van der Waals surface area contributed by atoms with Gasteiger partial charge in [-0.05, 0) is 6.92 Å². The van der Waals surface area contributed by atoms with E-state index in [0.717, 1.165) is 24.2 Å². The fourth-order valence-corrected chi connectivity index (χ4v) is 2.07. The molecule has 0 aromatic carbocycles. The quantitative estimate of drug-likeness (QED) is 0.529. The summed E-state index contributed by atoms with van der Waals surface area (Å²) in [5.74, 6) is 6.14. The maximum Gasteiger partial charge on any atom is 0.0698 e. The summed E-state index contributed by atoms with van der Waals surface area (Å²) in [7, 11) is 2.04. The lowest BCUT2D eigenvalue weighted by Crippen LogP contribution is -1.94. The van der Waals surface area contributed by atoms with Crippen molar-refractivity contribution in [3.05, 3.63) is 24.2 Å². The summed E-state index contributed by atoms with van der Waals surface area (Å²) in [6.45, 7) is 4.14. The van der Waals surface area contributed by atoms with E-state index < -0.39 is 0 Å². The van der Waals surface area contributed by atoms with Crippen LogP contribution in [0.3, 0.4) is 0 Å². The SMILES string of the molecule is CC#Cc1cn(C)c2cncc(N3CC3)c12. The molecule has 1 fully saturated rings. The number of nitrogens with zero attached hydrogens (tertiary/aromatic N) is 3. The summed E-state index contributed by atoms with van der Waals surface area (Å²) < 4.78 is 2.09. The van der Waals surface area contributed by atoms with Gasteiger partial charge < -0.3 is 9.47 Å². The summed E-state index contributed by atoms with van der Waals surface area (Å²) in [6.07, 6.45) is 5.93. The van der Waals surface area contributed by atoms with Crippen LogP contribution in [0.4, 0.5) is 5.69 Å². The Morgan fingerprint density at radius 2 is 2.12 bits per heavy atom. The number of hydrogen-bond acceptors (Lipinski definition) is 2. The lowest BCUT2D eigenvalue weighted by atomic mass is 10.2. The van der Waals surface area contributed by atoms with Gasteiger partial charge in [-0.1, -0.05) is 5.92 Å². The van der Waals surface area contributed by atoms with Gasteiger partial charge in [0.2, 0.25) is 0 Å². The van der Waals surface area contributed by atoms with E-state index in [9.17, 15) is 0 Å². The Hall–Kier alpha value is -1.95. The molecule has 3 heteroatoms. The molecule has 80 valence electrons. The first-order chi connectivity index (χ1) is 7.81. The minimum Gasteiger partial charge on any atom is -0.366 e. The molecule has 0 radical (unpaired) electrons. The highest BCUT2D eigenvalue weighted by molar-refractivity contribution is 5.97. The molecular weight excluding hydrogens is 198 g/mol. The van der Waals surface area contributed by atoms with Gasteiger partial charge >= 0.3 is 0 Å². The molecular formula is C13H13N3. The average molecular weight is 211 g/mol. The van der Waals surface area contributed by atoms with Gasteiger partial charge in [0, 0.05) is 31.7 Å². The van der Waals surface area contributed by atoms with Crippen LogP contribution in [0.2, 0.25) is 0 Å². The van der Waals surface area contributed by atoms with E-state index in [1.165, 1.54) is 11.1 Å². The molecule has 1 aliphatic rings. The molecule has 3 heterocycles. The zero-order valence-corrected chi connectivity index (χ0v) is 9.49. The molecule has 3 nitrogen and oxygen atoms in total. The number of pyridine rings is 1. The number of aryl methyl sites for hydroxylation is 1. The van der Waals surface area contributed by atoms with Crippen molar-refractivity contribution in [2.24, 2.45) is 7.05 Å². The van der Waals surface area contributed by atoms with Crippen molar-refractivity contribution >= 4 is 16.6 Å². The molecule has 1 aliphatic heterocycles. The van der Waals surface area contributed by atoms with Crippen molar-refractivity contribution < 1.29 is 0 Å². The lowest BCUT2D eigenvalue weighted by molar-refractivity contribution is 0.963. The summed E-state index contributed by atoms with van der Waals surface area (Å²) in [5.41, 5.74) is 3.47. The van der Waals surface area contributed by atoms with Crippen molar-refractivity contribution in [1.82, 2.24) is 9.55 Å². The van der Waals surface area contributed by atoms with Crippen LogP contribution >= 0.6 is 0 Å². The van der Waals surface area contributed by atoms with Crippen LogP contribution in [0.15, 0.2) is 18.6 Å². The van der Waals surface area contributed by atoms with Crippen molar-refractivity contribution in [3.63, 3.8) is 0 Å². The zero-order valence-electron chi connectivity index (χ0n) is 9.49. The minimum atomic E-state index is 1.10. The molecule has 0 spiro atoms. The predicted molar refractivity (Wildman–Crippen MR) is 65.5 cm³/mol. The standard InChI is InChI=1S/C13H13N3/c1-3-4-10-9-15(2)11-7-14-8-12(13(10)11)16-5-6-16/h7-9H,5-6H2,1-2H3. The van der Waals surface area contributed by atoms with E-state index in [2.05, 4.69) is 32.5 Å². The summed E-state index contributed by atoms with van der Waals surface area (Å²) in [4.78, 5) is 6.61. The third-order valence-electron chi connectivity index (χ3n) is 2.93. The van der Waals surface area contributed by atoms with E-state index in [-0.39, 0.29) is 0 Å². The predicted octanol–water partition coefficient (Wildman–Crippen LogP) is 1.76. The fraction of sp³-hybridized carbons (Fsp3) is 0.308. The largest absolute Gasteiger partial charge is 0.366 e. The van der Waals surface area contributed by atoms with Gasteiger partial charge in [0.05, 0.1) is 29.2 Å². The number of fused-ring (bicyclic) bond motifs is 1. The topological polar surface area (TPSA) is 20.8 Å². The molecule has 2 aromatic heterocycles. The van der Waals surface area contributed by atoms with Crippen LogP contribution < -0.4 is 4.90 Å². The van der Waals surface area contributed by atoms with Crippen LogP contribution in [-0.2, 0) is 7.05 Å². The van der Waals surface area contributed by atoms with E-state index in [0.29, 0.717) is 0 Å². The Kier molecular flexibility index (Phi) is 1.90. The van der Waals surface area contributed by atoms with Crippen molar-refractivity contribution in [3.8, 4) is 11.8 Å². The van der Waals surface area contributed by atoms with Crippen molar-refractivity contribution in [2.75, 3.05) is 18.0 Å². The second kappa shape index (κ2) is 3.28. The molecule has 16 heavy (non-hydrogen) atoms. The Bertz CT molecular complexity index is 609. The summed E-state index contributed by atoms with van der Waals surface area (Å²) >= 11 is 0.